The van der Waals surface area contributed by atoms with E-state index in [0.29, 0.717) is 16.9 Å². The van der Waals surface area contributed by atoms with Crippen LogP contribution in [0.4, 0.5) is 0 Å². The van der Waals surface area contributed by atoms with Gasteiger partial charge in [-0.15, -0.1) is 11.3 Å². The third kappa shape index (κ3) is 5.00. The third-order valence-corrected chi connectivity index (χ3v) is 7.26. The molecule has 0 aliphatic carbocycles. The van der Waals surface area contributed by atoms with E-state index < -0.39 is 38.2 Å². The number of benzene rings is 1. The van der Waals surface area contributed by atoms with Gasteiger partial charge in [0.05, 0.1) is 19.8 Å². The molecule has 0 amide bonds. The SMILES string of the molecule is COC(=O)c1sc(S(=O)(=O)N[C@@H](Cc2ccccc2)C(=O)O)c(C(=O)OC)c1C. The maximum atomic E-state index is 12.9. The minimum atomic E-state index is -4.47. The molecule has 0 bridgehead atoms. The Balaban J connectivity index is 2.49. The Bertz CT molecular complexity index is 1030. The lowest BCUT2D eigenvalue weighted by atomic mass is 10.1. The summed E-state index contributed by atoms with van der Waals surface area (Å²) < 4.78 is 36.7. The fourth-order valence-electron chi connectivity index (χ4n) is 2.57. The van der Waals surface area contributed by atoms with Crippen molar-refractivity contribution in [2.24, 2.45) is 0 Å². The van der Waals surface area contributed by atoms with Gasteiger partial charge in [0, 0.05) is 0 Å². The maximum absolute atomic E-state index is 12.9. The molecule has 2 rings (SSSR count). The van der Waals surface area contributed by atoms with Gasteiger partial charge in [-0.2, -0.15) is 4.72 Å². The van der Waals surface area contributed by atoms with Gasteiger partial charge in [0.15, 0.2) is 4.21 Å². The van der Waals surface area contributed by atoms with Crippen LogP contribution in [0.2, 0.25) is 0 Å². The summed E-state index contributed by atoms with van der Waals surface area (Å²) in [6.45, 7) is 1.38. The number of carboxylic acids is 1. The van der Waals surface area contributed by atoms with Gasteiger partial charge in [-0.1, -0.05) is 30.3 Å². The zero-order chi connectivity index (χ0) is 21.8. The molecule has 0 unspecified atom stereocenters. The van der Waals surface area contributed by atoms with Gasteiger partial charge in [0.1, 0.15) is 10.9 Å². The average molecular weight is 441 g/mol. The summed E-state index contributed by atoms with van der Waals surface area (Å²) in [4.78, 5) is 35.6. The molecule has 0 fully saturated rings. The summed E-state index contributed by atoms with van der Waals surface area (Å²) in [5.74, 6) is -3.18. The Morgan fingerprint density at radius 1 is 1.10 bits per heavy atom. The number of rotatable bonds is 8. The topological polar surface area (TPSA) is 136 Å². The summed E-state index contributed by atoms with van der Waals surface area (Å²) in [5.41, 5.74) is 0.340. The predicted molar refractivity (Wildman–Crippen MR) is 104 cm³/mol. The van der Waals surface area contributed by atoms with Crippen LogP contribution in [-0.2, 0) is 30.7 Å². The van der Waals surface area contributed by atoms with Gasteiger partial charge in [0.2, 0.25) is 0 Å². The minimum Gasteiger partial charge on any atom is -0.480 e. The lowest BCUT2D eigenvalue weighted by molar-refractivity contribution is -0.138. The van der Waals surface area contributed by atoms with Gasteiger partial charge in [0.25, 0.3) is 10.0 Å². The molecule has 1 heterocycles. The fourth-order valence-corrected chi connectivity index (χ4v) is 5.52. The van der Waals surface area contributed by atoms with Crippen molar-refractivity contribution in [3.05, 3.63) is 51.9 Å². The highest BCUT2D eigenvalue weighted by Crippen LogP contribution is 2.33. The lowest BCUT2D eigenvalue weighted by Gasteiger charge is -2.15. The van der Waals surface area contributed by atoms with E-state index in [1.165, 1.54) is 6.92 Å². The summed E-state index contributed by atoms with van der Waals surface area (Å²) in [6.07, 6.45) is -0.114. The number of esters is 2. The van der Waals surface area contributed by atoms with E-state index in [1.54, 1.807) is 30.3 Å². The Hall–Kier alpha value is -2.76. The van der Waals surface area contributed by atoms with Crippen LogP contribution in [0.5, 0.6) is 0 Å². The van der Waals surface area contributed by atoms with Gasteiger partial charge in [-0.25, -0.2) is 18.0 Å². The second-order valence-corrected chi connectivity index (χ2v) is 8.83. The molecule has 0 radical (unpaired) electrons. The molecule has 1 aromatic carbocycles. The van der Waals surface area contributed by atoms with Gasteiger partial charge < -0.3 is 14.6 Å². The van der Waals surface area contributed by atoms with E-state index in [0.717, 1.165) is 14.2 Å². The number of aliphatic carboxylic acids is 1. The molecule has 29 heavy (non-hydrogen) atoms. The van der Waals surface area contributed by atoms with E-state index in [4.69, 9.17) is 0 Å². The monoisotopic (exact) mass is 441 g/mol. The molecule has 0 saturated heterocycles. The highest BCUT2D eigenvalue weighted by Gasteiger charge is 2.35. The largest absolute Gasteiger partial charge is 0.480 e. The zero-order valence-electron chi connectivity index (χ0n) is 15.8. The zero-order valence-corrected chi connectivity index (χ0v) is 17.4. The van der Waals surface area contributed by atoms with Crippen molar-refractivity contribution in [2.45, 2.75) is 23.6 Å². The van der Waals surface area contributed by atoms with E-state index >= 15 is 0 Å². The second-order valence-electron chi connectivity index (χ2n) is 5.90. The van der Waals surface area contributed by atoms with Crippen LogP contribution in [0.25, 0.3) is 0 Å². The molecule has 156 valence electrons. The van der Waals surface area contributed by atoms with Gasteiger partial charge in [-0.3, -0.25) is 4.79 Å². The number of hydrogen-bond donors (Lipinski definition) is 2. The van der Waals surface area contributed by atoms with Crippen molar-refractivity contribution < 1.29 is 37.4 Å². The number of carboxylic acid groups (broad SMARTS) is 1. The summed E-state index contributed by atoms with van der Waals surface area (Å²) >= 11 is 0.511. The first kappa shape index (κ1) is 22.5. The van der Waals surface area contributed by atoms with E-state index in [-0.39, 0.29) is 22.4 Å². The van der Waals surface area contributed by atoms with Crippen LogP contribution < -0.4 is 4.72 Å². The quantitative estimate of drug-likeness (QED) is 0.590. The fraction of sp³-hybridized carbons (Fsp3) is 0.278. The smallest absolute Gasteiger partial charge is 0.348 e. The van der Waals surface area contributed by atoms with Gasteiger partial charge >= 0.3 is 17.9 Å². The molecule has 1 atom stereocenters. The number of carbonyl (C=O) groups excluding carboxylic acids is 2. The number of hydrogen-bond acceptors (Lipinski definition) is 8. The predicted octanol–water partition coefficient (Wildman–Crippen LogP) is 1.60. The van der Waals surface area contributed by atoms with Crippen LogP contribution >= 0.6 is 11.3 Å². The molecular weight excluding hydrogens is 422 g/mol. The maximum Gasteiger partial charge on any atom is 0.348 e. The summed E-state index contributed by atoms with van der Waals surface area (Å²) in [5, 5.41) is 9.47. The highest BCUT2D eigenvalue weighted by molar-refractivity contribution is 7.91. The molecule has 0 aliphatic rings. The van der Waals surface area contributed by atoms with Crippen molar-refractivity contribution in [1.29, 1.82) is 0 Å². The molecule has 0 aliphatic heterocycles. The highest BCUT2D eigenvalue weighted by atomic mass is 32.2. The van der Waals surface area contributed by atoms with Gasteiger partial charge in [-0.05, 0) is 24.5 Å². The number of methoxy groups -OCH3 is 2. The molecule has 11 heteroatoms. The first-order valence-corrected chi connectivity index (χ1v) is 10.5. The number of sulfonamides is 1. The molecule has 0 spiro atoms. The molecule has 2 N–H and O–H groups in total. The van der Waals surface area contributed by atoms with Crippen molar-refractivity contribution >= 4 is 39.3 Å². The van der Waals surface area contributed by atoms with Crippen LogP contribution in [0.3, 0.4) is 0 Å². The Labute approximate surface area is 171 Å². The van der Waals surface area contributed by atoms with Crippen molar-refractivity contribution in [3.63, 3.8) is 0 Å². The van der Waals surface area contributed by atoms with Crippen LogP contribution in [0.1, 0.15) is 31.2 Å². The molecule has 0 saturated carbocycles. The van der Waals surface area contributed by atoms with Crippen LogP contribution in [-0.4, -0.2) is 51.7 Å². The minimum absolute atomic E-state index is 0.0732. The van der Waals surface area contributed by atoms with E-state index in [1.807, 2.05) is 0 Å². The van der Waals surface area contributed by atoms with Crippen LogP contribution in [0.15, 0.2) is 34.5 Å². The van der Waals surface area contributed by atoms with E-state index in [9.17, 15) is 27.9 Å². The first-order chi connectivity index (χ1) is 13.6. The molecule has 1 aromatic heterocycles. The Morgan fingerprint density at radius 2 is 1.69 bits per heavy atom. The molecule has 2 aromatic rings. The average Bonchev–Trinajstić information content (AvgIpc) is 3.05. The Kier molecular flexibility index (Phi) is 7.11. The third-order valence-electron chi connectivity index (χ3n) is 4.00. The van der Waals surface area contributed by atoms with Crippen molar-refractivity contribution in [1.82, 2.24) is 4.72 Å². The van der Waals surface area contributed by atoms with E-state index in [2.05, 4.69) is 14.2 Å². The van der Waals surface area contributed by atoms with Crippen molar-refractivity contribution in [3.8, 4) is 0 Å². The number of carbonyl (C=O) groups is 3. The molecule has 9 nitrogen and oxygen atoms in total. The number of thiophene rings is 1. The summed E-state index contributed by atoms with van der Waals surface area (Å²) in [6, 6.07) is 6.97. The van der Waals surface area contributed by atoms with Crippen LogP contribution in [0, 0.1) is 6.92 Å². The number of ether oxygens (including phenoxy) is 2. The second kappa shape index (κ2) is 9.16. The summed E-state index contributed by atoms with van der Waals surface area (Å²) in [7, 11) is -2.29. The lowest BCUT2D eigenvalue weighted by Crippen LogP contribution is -2.42. The number of nitrogens with one attached hydrogen (secondary N) is 1. The first-order valence-electron chi connectivity index (χ1n) is 8.21. The van der Waals surface area contributed by atoms with Crippen molar-refractivity contribution in [2.75, 3.05) is 14.2 Å². The molecular formula is C18H19NO8S2. The Morgan fingerprint density at radius 3 is 2.21 bits per heavy atom. The standard InChI is InChI=1S/C18H19NO8S2/c1-10-13(16(22)26-2)18(28-14(10)17(23)27-3)29(24,25)19-12(15(20)21)9-11-7-5-4-6-8-11/h4-8,12,19H,9H2,1-3H3,(H,20,21)/t12-/m0/s1. The normalized spacial score (nSPS) is 12.2.